The van der Waals surface area contributed by atoms with Crippen LogP contribution in [0.4, 0.5) is 5.69 Å². The van der Waals surface area contributed by atoms with Crippen LogP contribution < -0.4 is 5.32 Å². The van der Waals surface area contributed by atoms with Gasteiger partial charge >= 0.3 is 5.97 Å². The van der Waals surface area contributed by atoms with E-state index in [0.29, 0.717) is 0 Å². The molecular formula is C11H7Cl2N3O3. The number of aromatic nitrogens is 2. The highest BCUT2D eigenvalue weighted by atomic mass is 35.5. The molecule has 3 N–H and O–H groups in total. The van der Waals surface area contributed by atoms with Crippen molar-refractivity contribution >= 4 is 40.8 Å². The van der Waals surface area contributed by atoms with Gasteiger partial charge in [0.15, 0.2) is 0 Å². The molecule has 19 heavy (non-hydrogen) atoms. The number of imidazole rings is 1. The number of carbonyl (C=O) groups excluding carboxylic acids is 1. The van der Waals surface area contributed by atoms with Gasteiger partial charge in [0.2, 0.25) is 0 Å². The van der Waals surface area contributed by atoms with Crippen molar-refractivity contribution in [2.75, 3.05) is 5.32 Å². The molecule has 0 radical (unpaired) electrons. The van der Waals surface area contributed by atoms with Crippen molar-refractivity contribution in [3.63, 3.8) is 0 Å². The lowest BCUT2D eigenvalue weighted by molar-refractivity contribution is 0.0698. The predicted octanol–water partition coefficient (Wildman–Crippen LogP) is 2.67. The standard InChI is InChI=1S/C11H7Cl2N3O3/c12-5-1-6(11(18)19)9(7(13)2-5)16-10(17)8-3-14-4-15-8/h1-4H,(H,14,15)(H,16,17)(H,18,19). The van der Waals surface area contributed by atoms with Crippen LogP contribution in [0.1, 0.15) is 20.8 Å². The van der Waals surface area contributed by atoms with E-state index in [1.807, 2.05) is 0 Å². The second-order valence-corrected chi connectivity index (χ2v) is 4.38. The highest BCUT2D eigenvalue weighted by molar-refractivity contribution is 6.38. The zero-order chi connectivity index (χ0) is 14.0. The van der Waals surface area contributed by atoms with Gasteiger partial charge in [-0.2, -0.15) is 0 Å². The summed E-state index contributed by atoms with van der Waals surface area (Å²) in [4.78, 5) is 29.2. The van der Waals surface area contributed by atoms with Crippen molar-refractivity contribution in [1.29, 1.82) is 0 Å². The molecule has 6 nitrogen and oxygen atoms in total. The summed E-state index contributed by atoms with van der Waals surface area (Å²) in [5.74, 6) is -1.80. The SMILES string of the molecule is O=C(Nc1c(Cl)cc(Cl)cc1C(=O)O)c1cnc[nH]1. The third-order valence-electron chi connectivity index (χ3n) is 2.27. The minimum Gasteiger partial charge on any atom is -0.478 e. The highest BCUT2D eigenvalue weighted by Gasteiger charge is 2.18. The predicted molar refractivity (Wildman–Crippen MR) is 70.0 cm³/mol. The zero-order valence-electron chi connectivity index (χ0n) is 9.28. The molecule has 0 bridgehead atoms. The number of amides is 1. The first-order chi connectivity index (χ1) is 8.99. The number of aromatic amines is 1. The number of aromatic carboxylic acids is 1. The number of hydrogen-bond donors (Lipinski definition) is 3. The Morgan fingerprint density at radius 3 is 2.63 bits per heavy atom. The number of carbonyl (C=O) groups is 2. The lowest BCUT2D eigenvalue weighted by Gasteiger charge is -2.10. The van der Waals surface area contributed by atoms with Crippen molar-refractivity contribution in [2.45, 2.75) is 0 Å². The largest absolute Gasteiger partial charge is 0.478 e. The van der Waals surface area contributed by atoms with Gasteiger partial charge in [0, 0.05) is 5.02 Å². The van der Waals surface area contributed by atoms with Gasteiger partial charge in [0.25, 0.3) is 5.91 Å². The zero-order valence-corrected chi connectivity index (χ0v) is 10.8. The van der Waals surface area contributed by atoms with E-state index in [1.54, 1.807) is 0 Å². The van der Waals surface area contributed by atoms with E-state index in [9.17, 15) is 9.59 Å². The van der Waals surface area contributed by atoms with E-state index >= 15 is 0 Å². The second kappa shape index (κ2) is 5.29. The maximum absolute atomic E-state index is 11.8. The molecule has 0 spiro atoms. The molecule has 0 unspecified atom stereocenters. The summed E-state index contributed by atoms with van der Waals surface area (Å²) >= 11 is 11.6. The molecule has 1 heterocycles. The van der Waals surface area contributed by atoms with Gasteiger partial charge < -0.3 is 15.4 Å². The molecule has 0 atom stereocenters. The van der Waals surface area contributed by atoms with E-state index in [1.165, 1.54) is 24.7 Å². The Balaban J connectivity index is 2.39. The van der Waals surface area contributed by atoms with E-state index < -0.39 is 11.9 Å². The number of benzene rings is 1. The summed E-state index contributed by atoms with van der Waals surface area (Å²) < 4.78 is 0. The monoisotopic (exact) mass is 299 g/mol. The molecule has 1 aromatic heterocycles. The maximum Gasteiger partial charge on any atom is 0.337 e. The van der Waals surface area contributed by atoms with Crippen LogP contribution in [-0.4, -0.2) is 27.0 Å². The van der Waals surface area contributed by atoms with Crippen LogP contribution in [-0.2, 0) is 0 Å². The van der Waals surface area contributed by atoms with Crippen LogP contribution in [0.2, 0.25) is 10.0 Å². The maximum atomic E-state index is 11.8. The normalized spacial score (nSPS) is 10.2. The van der Waals surface area contributed by atoms with E-state index in [0.717, 1.165) is 0 Å². The fourth-order valence-corrected chi connectivity index (χ4v) is 1.97. The highest BCUT2D eigenvalue weighted by Crippen LogP contribution is 2.30. The van der Waals surface area contributed by atoms with E-state index in [4.69, 9.17) is 28.3 Å². The molecule has 0 aliphatic carbocycles. The Kier molecular flexibility index (Phi) is 3.73. The molecule has 1 aromatic carbocycles. The molecule has 0 saturated carbocycles. The lowest BCUT2D eigenvalue weighted by atomic mass is 10.1. The van der Waals surface area contributed by atoms with Gasteiger partial charge in [-0.05, 0) is 12.1 Å². The first-order valence-corrected chi connectivity index (χ1v) is 5.76. The van der Waals surface area contributed by atoms with Gasteiger partial charge in [-0.3, -0.25) is 4.79 Å². The van der Waals surface area contributed by atoms with E-state index in [2.05, 4.69) is 15.3 Å². The molecule has 2 rings (SSSR count). The van der Waals surface area contributed by atoms with Crippen molar-refractivity contribution in [3.8, 4) is 0 Å². The van der Waals surface area contributed by atoms with Crippen LogP contribution in [0.15, 0.2) is 24.7 Å². The quantitative estimate of drug-likeness (QED) is 0.812. The molecule has 8 heteroatoms. The number of carboxylic acid groups (broad SMARTS) is 1. The fraction of sp³-hybridized carbons (Fsp3) is 0. The van der Waals surface area contributed by atoms with E-state index in [-0.39, 0.29) is 27.0 Å². The van der Waals surface area contributed by atoms with Gasteiger partial charge in [-0.1, -0.05) is 23.2 Å². The third kappa shape index (κ3) is 2.86. The first-order valence-electron chi connectivity index (χ1n) is 5.01. The Morgan fingerprint density at radius 2 is 2.05 bits per heavy atom. The average Bonchev–Trinajstić information content (AvgIpc) is 2.85. The van der Waals surface area contributed by atoms with Crippen LogP contribution in [0.3, 0.4) is 0 Å². The summed E-state index contributed by atoms with van der Waals surface area (Å²) in [6.45, 7) is 0. The number of H-pyrrole nitrogens is 1. The topological polar surface area (TPSA) is 95.1 Å². The third-order valence-corrected chi connectivity index (χ3v) is 2.78. The molecule has 1 amide bonds. The molecule has 0 aliphatic heterocycles. The molecule has 0 fully saturated rings. The molecule has 0 aliphatic rings. The summed E-state index contributed by atoms with van der Waals surface area (Å²) in [5, 5.41) is 11.7. The average molecular weight is 300 g/mol. The Labute approximate surface area is 117 Å². The number of nitrogens with one attached hydrogen (secondary N) is 2. The summed E-state index contributed by atoms with van der Waals surface area (Å²) in [6, 6.07) is 2.55. The number of anilines is 1. The molecule has 2 aromatic rings. The fourth-order valence-electron chi connectivity index (χ4n) is 1.43. The minimum atomic E-state index is -1.25. The van der Waals surface area contributed by atoms with Crippen molar-refractivity contribution in [2.24, 2.45) is 0 Å². The number of halogens is 2. The smallest absolute Gasteiger partial charge is 0.337 e. The van der Waals surface area contributed by atoms with Crippen LogP contribution in [0.25, 0.3) is 0 Å². The molecule has 98 valence electrons. The number of nitrogens with zero attached hydrogens (tertiary/aromatic N) is 1. The van der Waals surface area contributed by atoms with Gasteiger partial charge in [-0.15, -0.1) is 0 Å². The summed E-state index contributed by atoms with van der Waals surface area (Å²) in [6.07, 6.45) is 2.64. The van der Waals surface area contributed by atoms with Crippen LogP contribution in [0.5, 0.6) is 0 Å². The van der Waals surface area contributed by atoms with Crippen LogP contribution >= 0.6 is 23.2 Å². The van der Waals surface area contributed by atoms with Crippen molar-refractivity contribution in [1.82, 2.24) is 9.97 Å². The van der Waals surface area contributed by atoms with Gasteiger partial charge in [-0.25, -0.2) is 9.78 Å². The number of rotatable bonds is 3. The summed E-state index contributed by atoms with van der Waals surface area (Å²) in [7, 11) is 0. The minimum absolute atomic E-state index is 0.0156. The van der Waals surface area contributed by atoms with Crippen LogP contribution in [0, 0.1) is 0 Å². The number of hydrogen-bond acceptors (Lipinski definition) is 3. The lowest BCUT2D eigenvalue weighted by Crippen LogP contribution is -2.15. The second-order valence-electron chi connectivity index (χ2n) is 3.53. The number of carboxylic acids is 1. The summed E-state index contributed by atoms with van der Waals surface area (Å²) in [5.41, 5.74) is -0.0223. The van der Waals surface area contributed by atoms with Gasteiger partial charge in [0.05, 0.1) is 28.8 Å². The Hall–Kier alpha value is -2.05. The Bertz CT molecular complexity index is 641. The first kappa shape index (κ1) is 13.4. The molecule has 0 saturated heterocycles. The van der Waals surface area contributed by atoms with Crippen molar-refractivity contribution in [3.05, 3.63) is 46.0 Å². The van der Waals surface area contributed by atoms with Crippen molar-refractivity contribution < 1.29 is 14.7 Å². The Morgan fingerprint density at radius 1 is 1.32 bits per heavy atom. The van der Waals surface area contributed by atoms with Gasteiger partial charge in [0.1, 0.15) is 5.69 Å². The molecular weight excluding hydrogens is 293 g/mol.